The fourth-order valence-electron chi connectivity index (χ4n) is 5.05. The highest BCUT2D eigenvalue weighted by molar-refractivity contribution is 7.99. The molecule has 1 N–H and O–H groups in total. The summed E-state index contributed by atoms with van der Waals surface area (Å²) in [5.74, 6) is 1.60. The van der Waals surface area contributed by atoms with Crippen molar-refractivity contribution in [2.45, 2.75) is 50.7 Å². The second kappa shape index (κ2) is 14.5. The van der Waals surface area contributed by atoms with E-state index < -0.39 is 0 Å². The van der Waals surface area contributed by atoms with Crippen LogP contribution in [-0.2, 0) is 9.59 Å². The summed E-state index contributed by atoms with van der Waals surface area (Å²) in [4.78, 5) is 38.4. The number of thioether (sulfide) groups is 1. The van der Waals surface area contributed by atoms with Gasteiger partial charge in [-0.25, -0.2) is 9.97 Å². The maximum atomic E-state index is 12.7. The Morgan fingerprint density at radius 2 is 1.68 bits per heavy atom. The number of aromatic nitrogens is 2. The molecule has 1 unspecified atom stereocenters. The van der Waals surface area contributed by atoms with E-state index in [1.54, 1.807) is 6.07 Å². The zero-order valence-electron chi connectivity index (χ0n) is 23.4. The molecule has 2 aromatic carbocycles. The van der Waals surface area contributed by atoms with E-state index in [1.165, 1.54) is 22.9 Å². The van der Waals surface area contributed by atoms with Gasteiger partial charge < -0.3 is 15.1 Å². The van der Waals surface area contributed by atoms with Crippen molar-refractivity contribution in [1.29, 1.82) is 0 Å². The number of carbonyl (C=O) groups is 2. The summed E-state index contributed by atoms with van der Waals surface area (Å²) in [5, 5.41) is 3.86. The molecule has 2 heterocycles. The number of nitrogens with one attached hydrogen (secondary N) is 1. The summed E-state index contributed by atoms with van der Waals surface area (Å²) in [6.07, 6.45) is 1.36. The van der Waals surface area contributed by atoms with Crippen LogP contribution < -0.4 is 10.2 Å². The Balaban J connectivity index is 1.30. The Morgan fingerprint density at radius 1 is 1.02 bits per heavy atom. The van der Waals surface area contributed by atoms with Gasteiger partial charge in [-0.1, -0.05) is 97.9 Å². The number of amides is 2. The van der Waals surface area contributed by atoms with Gasteiger partial charge >= 0.3 is 0 Å². The smallest absolute Gasteiger partial charge is 0.230 e. The summed E-state index contributed by atoms with van der Waals surface area (Å²) in [6.45, 7) is 8.75. The van der Waals surface area contributed by atoms with Crippen LogP contribution in [0.4, 0.5) is 5.82 Å². The average Bonchev–Trinajstić information content (AvgIpc) is 2.94. The molecule has 40 heavy (non-hydrogen) atoms. The van der Waals surface area contributed by atoms with Gasteiger partial charge in [0, 0.05) is 50.6 Å². The van der Waals surface area contributed by atoms with Crippen LogP contribution in [-0.4, -0.2) is 64.7 Å². The van der Waals surface area contributed by atoms with Crippen molar-refractivity contribution in [1.82, 2.24) is 20.2 Å². The number of benzene rings is 2. The number of halogens is 1. The highest BCUT2D eigenvalue weighted by atomic mass is 35.5. The summed E-state index contributed by atoms with van der Waals surface area (Å²) < 4.78 is 0. The van der Waals surface area contributed by atoms with Crippen LogP contribution in [0.3, 0.4) is 0 Å². The molecule has 0 aliphatic carbocycles. The van der Waals surface area contributed by atoms with Crippen LogP contribution in [0.1, 0.15) is 50.7 Å². The van der Waals surface area contributed by atoms with E-state index in [-0.39, 0.29) is 29.5 Å². The standard InChI is InChI=1S/C31H38ClN5O2S/c1-22(2)18-30(39)37-17-16-36(20-23(37)3)28-19-27(32)34-31(35-28)40-21-29(38)33-15-14-26(24-10-6-4-7-11-24)25-12-8-5-9-13-25/h4-13,19,22-23,26H,14-18,20-21H2,1-3H3,(H,33,38). The fourth-order valence-corrected chi connectivity index (χ4v) is 5.96. The topological polar surface area (TPSA) is 78.4 Å². The molecule has 7 nitrogen and oxygen atoms in total. The third kappa shape index (κ3) is 8.45. The van der Waals surface area contributed by atoms with Crippen molar-refractivity contribution in [3.63, 3.8) is 0 Å². The number of nitrogens with zero attached hydrogens (tertiary/aromatic N) is 4. The van der Waals surface area contributed by atoms with Gasteiger partial charge in [0.1, 0.15) is 11.0 Å². The van der Waals surface area contributed by atoms with Gasteiger partial charge in [-0.05, 0) is 30.4 Å². The molecule has 0 radical (unpaired) electrons. The Labute approximate surface area is 246 Å². The van der Waals surface area contributed by atoms with Crippen molar-refractivity contribution in [3.05, 3.63) is 83.0 Å². The van der Waals surface area contributed by atoms with Gasteiger partial charge in [-0.3, -0.25) is 9.59 Å². The van der Waals surface area contributed by atoms with Gasteiger partial charge in [-0.2, -0.15) is 0 Å². The minimum absolute atomic E-state index is 0.0686. The Hall–Kier alpha value is -3.10. The zero-order valence-corrected chi connectivity index (χ0v) is 25.0. The van der Waals surface area contributed by atoms with Crippen molar-refractivity contribution in [3.8, 4) is 0 Å². The van der Waals surface area contributed by atoms with Crippen LogP contribution in [0.25, 0.3) is 0 Å². The highest BCUT2D eigenvalue weighted by Gasteiger charge is 2.28. The lowest BCUT2D eigenvalue weighted by Gasteiger charge is -2.40. The first-order valence-electron chi connectivity index (χ1n) is 13.9. The predicted octanol–water partition coefficient (Wildman–Crippen LogP) is 5.64. The molecule has 0 spiro atoms. The van der Waals surface area contributed by atoms with Crippen LogP contribution >= 0.6 is 23.4 Å². The van der Waals surface area contributed by atoms with Crippen LogP contribution in [0.5, 0.6) is 0 Å². The minimum Gasteiger partial charge on any atom is -0.355 e. The van der Waals surface area contributed by atoms with E-state index in [2.05, 4.69) is 65.2 Å². The molecule has 212 valence electrons. The van der Waals surface area contributed by atoms with Crippen LogP contribution in [0.2, 0.25) is 5.15 Å². The average molecular weight is 580 g/mol. The molecule has 2 amide bonds. The molecule has 1 aromatic heterocycles. The first-order chi connectivity index (χ1) is 19.3. The zero-order chi connectivity index (χ0) is 28.5. The molecule has 1 aliphatic rings. The van der Waals surface area contributed by atoms with E-state index in [4.69, 9.17) is 11.6 Å². The molecule has 1 saturated heterocycles. The predicted molar refractivity (Wildman–Crippen MR) is 163 cm³/mol. The van der Waals surface area contributed by atoms with Crippen molar-refractivity contribution in [2.24, 2.45) is 5.92 Å². The van der Waals surface area contributed by atoms with Gasteiger partial charge in [0.2, 0.25) is 11.8 Å². The maximum absolute atomic E-state index is 12.7. The molecule has 4 rings (SSSR count). The Morgan fingerprint density at radius 3 is 2.27 bits per heavy atom. The maximum Gasteiger partial charge on any atom is 0.230 e. The quantitative estimate of drug-likeness (QED) is 0.180. The van der Waals surface area contributed by atoms with E-state index in [9.17, 15) is 9.59 Å². The lowest BCUT2D eigenvalue weighted by molar-refractivity contribution is -0.134. The number of hydrogen-bond acceptors (Lipinski definition) is 6. The molecule has 1 aliphatic heterocycles. The van der Waals surface area contributed by atoms with Crippen molar-refractivity contribution < 1.29 is 9.59 Å². The molecule has 1 fully saturated rings. The number of hydrogen-bond donors (Lipinski definition) is 1. The molecule has 9 heteroatoms. The van der Waals surface area contributed by atoms with E-state index in [1.807, 2.05) is 41.3 Å². The first kappa shape index (κ1) is 29.9. The third-order valence-corrected chi connectivity index (χ3v) is 8.05. The van der Waals surface area contributed by atoms with E-state index in [0.717, 1.165) is 12.2 Å². The first-order valence-corrected chi connectivity index (χ1v) is 15.2. The molecule has 3 aromatic rings. The van der Waals surface area contributed by atoms with E-state index >= 15 is 0 Å². The number of rotatable bonds is 11. The van der Waals surface area contributed by atoms with Gasteiger partial charge in [0.25, 0.3) is 0 Å². The van der Waals surface area contributed by atoms with Gasteiger partial charge in [0.05, 0.1) is 5.75 Å². The van der Waals surface area contributed by atoms with Crippen LogP contribution in [0, 0.1) is 5.92 Å². The molecule has 0 saturated carbocycles. The summed E-state index contributed by atoms with van der Waals surface area (Å²) in [7, 11) is 0. The van der Waals surface area contributed by atoms with E-state index in [0.29, 0.717) is 48.8 Å². The SMILES string of the molecule is CC(C)CC(=O)N1CCN(c2cc(Cl)nc(SCC(=O)NCCC(c3ccccc3)c3ccccc3)n2)CC1C. The molecular weight excluding hydrogens is 542 g/mol. The molecule has 1 atom stereocenters. The van der Waals surface area contributed by atoms with Crippen molar-refractivity contribution >= 4 is 41.0 Å². The van der Waals surface area contributed by atoms with Gasteiger partial charge in [-0.15, -0.1) is 0 Å². The lowest BCUT2D eigenvalue weighted by Crippen LogP contribution is -2.54. The number of carbonyl (C=O) groups excluding carboxylic acids is 2. The van der Waals surface area contributed by atoms with Gasteiger partial charge in [0.15, 0.2) is 5.16 Å². The Kier molecular flexibility index (Phi) is 10.8. The molecule has 0 bridgehead atoms. The Bertz CT molecular complexity index is 1220. The monoisotopic (exact) mass is 579 g/mol. The highest BCUT2D eigenvalue weighted by Crippen LogP contribution is 2.28. The van der Waals surface area contributed by atoms with Crippen LogP contribution in [0.15, 0.2) is 71.9 Å². The second-order valence-electron chi connectivity index (χ2n) is 10.6. The summed E-state index contributed by atoms with van der Waals surface area (Å²) >= 11 is 7.61. The molecular formula is C31H38ClN5O2S. The second-order valence-corrected chi connectivity index (χ2v) is 11.9. The fraction of sp³-hybridized carbons (Fsp3) is 0.419. The largest absolute Gasteiger partial charge is 0.355 e. The van der Waals surface area contributed by atoms with Crippen molar-refractivity contribution in [2.75, 3.05) is 36.8 Å². The summed E-state index contributed by atoms with van der Waals surface area (Å²) in [6, 6.07) is 22.6. The lowest BCUT2D eigenvalue weighted by atomic mass is 9.88. The number of piperazine rings is 1. The normalized spacial score (nSPS) is 15.5. The number of anilines is 1. The minimum atomic E-state index is -0.0686. The third-order valence-electron chi connectivity index (χ3n) is 7.01. The summed E-state index contributed by atoms with van der Waals surface area (Å²) in [5.41, 5.74) is 2.47.